The standard InChI is InChI=1S/C28H25N3O2/c1-20(32)33-27-11-5-9-23-15-21(12-13-26(23)27)18-31-19-25(17-30-31)28(22-7-3-2-4-8-22)24-10-6-14-29-16-24/h2-11,14-17,19,28H,12-13,18H2,1H3. The van der Waals surface area contributed by atoms with Gasteiger partial charge in [-0.3, -0.25) is 14.5 Å². The number of allylic oxidation sites excluding steroid dienone is 1. The Kier molecular flexibility index (Phi) is 5.85. The molecule has 0 bridgehead atoms. The lowest BCUT2D eigenvalue weighted by molar-refractivity contribution is -0.131. The Morgan fingerprint density at radius 2 is 1.82 bits per heavy atom. The highest BCUT2D eigenvalue weighted by atomic mass is 16.5. The normalized spacial score (nSPS) is 13.7. The van der Waals surface area contributed by atoms with Crippen LogP contribution in [0.15, 0.2) is 91.0 Å². The predicted molar refractivity (Wildman–Crippen MR) is 128 cm³/mol. The van der Waals surface area contributed by atoms with E-state index in [-0.39, 0.29) is 11.9 Å². The molecule has 2 aromatic carbocycles. The summed E-state index contributed by atoms with van der Waals surface area (Å²) < 4.78 is 7.40. The van der Waals surface area contributed by atoms with Crippen molar-refractivity contribution in [1.82, 2.24) is 14.8 Å². The Bertz CT molecular complexity index is 1250. The van der Waals surface area contributed by atoms with Crippen LogP contribution < -0.4 is 4.74 Å². The molecule has 1 atom stereocenters. The van der Waals surface area contributed by atoms with Crippen LogP contribution in [0.2, 0.25) is 0 Å². The zero-order valence-corrected chi connectivity index (χ0v) is 18.5. The van der Waals surface area contributed by atoms with E-state index in [0.717, 1.165) is 41.6 Å². The van der Waals surface area contributed by atoms with Crippen LogP contribution in [-0.2, 0) is 17.8 Å². The predicted octanol–water partition coefficient (Wildman–Crippen LogP) is 5.41. The van der Waals surface area contributed by atoms with E-state index < -0.39 is 0 Å². The third-order valence-corrected chi connectivity index (χ3v) is 5.98. The maximum absolute atomic E-state index is 11.4. The fourth-order valence-electron chi connectivity index (χ4n) is 4.53. The van der Waals surface area contributed by atoms with Crippen LogP contribution >= 0.6 is 0 Å². The average molecular weight is 436 g/mol. The Labute approximate surface area is 193 Å². The fourth-order valence-corrected chi connectivity index (χ4v) is 4.53. The van der Waals surface area contributed by atoms with Crippen molar-refractivity contribution in [2.24, 2.45) is 0 Å². The lowest BCUT2D eigenvalue weighted by Gasteiger charge is -2.19. The van der Waals surface area contributed by atoms with Crippen molar-refractivity contribution < 1.29 is 9.53 Å². The Morgan fingerprint density at radius 1 is 0.970 bits per heavy atom. The number of ether oxygens (including phenoxy) is 1. The van der Waals surface area contributed by atoms with Crippen LogP contribution in [0.3, 0.4) is 0 Å². The topological polar surface area (TPSA) is 57.0 Å². The van der Waals surface area contributed by atoms with Crippen molar-refractivity contribution in [2.45, 2.75) is 32.2 Å². The van der Waals surface area contributed by atoms with Gasteiger partial charge in [-0.15, -0.1) is 0 Å². The van der Waals surface area contributed by atoms with Crippen LogP contribution in [0.4, 0.5) is 0 Å². The first-order valence-corrected chi connectivity index (χ1v) is 11.1. The lowest BCUT2D eigenvalue weighted by Crippen LogP contribution is -2.10. The van der Waals surface area contributed by atoms with Gasteiger partial charge in [0.2, 0.25) is 0 Å². The summed E-state index contributed by atoms with van der Waals surface area (Å²) in [6.07, 6.45) is 11.8. The third kappa shape index (κ3) is 4.62. The van der Waals surface area contributed by atoms with Crippen molar-refractivity contribution in [3.8, 4) is 5.75 Å². The highest BCUT2D eigenvalue weighted by Crippen LogP contribution is 2.33. The van der Waals surface area contributed by atoms with Gasteiger partial charge < -0.3 is 4.74 Å². The second-order valence-corrected chi connectivity index (χ2v) is 8.32. The molecule has 2 aromatic heterocycles. The van der Waals surface area contributed by atoms with Crippen LogP contribution in [-0.4, -0.2) is 20.7 Å². The minimum atomic E-state index is -0.288. The Morgan fingerprint density at radius 3 is 2.61 bits per heavy atom. The second-order valence-electron chi connectivity index (χ2n) is 8.32. The lowest BCUT2D eigenvalue weighted by atomic mass is 9.88. The SMILES string of the molecule is CC(=O)Oc1cccc2c1CCC(Cn1cc(C(c3ccccc3)c3cccnc3)cn1)=C2. The van der Waals surface area contributed by atoms with E-state index in [0.29, 0.717) is 5.75 Å². The van der Waals surface area contributed by atoms with Crippen LogP contribution in [0.25, 0.3) is 6.08 Å². The van der Waals surface area contributed by atoms with E-state index in [1.165, 1.54) is 18.1 Å². The number of aromatic nitrogens is 3. The van der Waals surface area contributed by atoms with Crippen molar-refractivity contribution in [3.05, 3.63) is 119 Å². The summed E-state index contributed by atoms with van der Waals surface area (Å²) >= 11 is 0. The number of rotatable bonds is 6. The molecule has 0 saturated heterocycles. The number of hydrogen-bond acceptors (Lipinski definition) is 4. The van der Waals surface area contributed by atoms with Gasteiger partial charge in [0.05, 0.1) is 12.7 Å². The van der Waals surface area contributed by atoms with Crippen LogP contribution in [0.1, 0.15) is 47.1 Å². The van der Waals surface area contributed by atoms with E-state index in [1.54, 1.807) is 6.20 Å². The largest absolute Gasteiger partial charge is 0.426 e. The molecular formula is C28H25N3O2. The van der Waals surface area contributed by atoms with Crippen LogP contribution in [0.5, 0.6) is 5.75 Å². The smallest absolute Gasteiger partial charge is 0.308 e. The molecule has 0 spiro atoms. The van der Waals surface area contributed by atoms with Crippen LogP contribution in [0, 0.1) is 0 Å². The monoisotopic (exact) mass is 435 g/mol. The van der Waals surface area contributed by atoms with Gasteiger partial charge in [0.25, 0.3) is 0 Å². The van der Waals surface area contributed by atoms with Gasteiger partial charge in [-0.2, -0.15) is 5.10 Å². The molecule has 0 N–H and O–H groups in total. The summed E-state index contributed by atoms with van der Waals surface area (Å²) in [4.78, 5) is 15.7. The summed E-state index contributed by atoms with van der Waals surface area (Å²) in [6, 6.07) is 20.4. The molecule has 0 saturated carbocycles. The van der Waals surface area contributed by atoms with E-state index in [2.05, 4.69) is 58.8 Å². The molecular weight excluding hydrogens is 410 g/mol. The molecule has 1 aliphatic rings. The van der Waals surface area contributed by atoms with Crippen molar-refractivity contribution in [1.29, 1.82) is 0 Å². The molecule has 0 aliphatic heterocycles. The molecule has 5 nitrogen and oxygen atoms in total. The van der Waals surface area contributed by atoms with Crippen molar-refractivity contribution in [2.75, 3.05) is 0 Å². The maximum atomic E-state index is 11.4. The van der Waals surface area contributed by atoms with E-state index in [4.69, 9.17) is 4.74 Å². The molecule has 4 aromatic rings. The van der Waals surface area contributed by atoms with Gasteiger partial charge in [-0.05, 0) is 47.2 Å². The maximum Gasteiger partial charge on any atom is 0.308 e. The summed E-state index contributed by atoms with van der Waals surface area (Å²) in [5, 5.41) is 4.68. The molecule has 164 valence electrons. The number of fused-ring (bicyclic) bond motifs is 1. The molecule has 0 radical (unpaired) electrons. The van der Waals surface area contributed by atoms with Gasteiger partial charge in [0.1, 0.15) is 5.75 Å². The molecule has 2 heterocycles. The summed E-state index contributed by atoms with van der Waals surface area (Å²) in [6.45, 7) is 2.17. The molecule has 33 heavy (non-hydrogen) atoms. The number of carbonyl (C=O) groups excluding carboxylic acids is 1. The fraction of sp³-hybridized carbons (Fsp3) is 0.179. The Hall–Kier alpha value is -3.99. The number of pyridine rings is 1. The summed E-state index contributed by atoms with van der Waals surface area (Å²) in [5.74, 6) is 0.462. The molecule has 0 fully saturated rings. The highest BCUT2D eigenvalue weighted by molar-refractivity contribution is 5.71. The average Bonchev–Trinajstić information content (AvgIpc) is 3.28. The minimum Gasteiger partial charge on any atom is -0.426 e. The number of hydrogen-bond donors (Lipinski definition) is 0. The number of nitrogens with zero attached hydrogens (tertiary/aromatic N) is 3. The van der Waals surface area contributed by atoms with Gasteiger partial charge >= 0.3 is 5.97 Å². The minimum absolute atomic E-state index is 0.0843. The van der Waals surface area contributed by atoms with Gasteiger partial charge in [0, 0.05) is 42.6 Å². The van der Waals surface area contributed by atoms with E-state index >= 15 is 0 Å². The van der Waals surface area contributed by atoms with Gasteiger partial charge in [-0.25, -0.2) is 0 Å². The van der Waals surface area contributed by atoms with Crippen molar-refractivity contribution >= 4 is 12.0 Å². The van der Waals surface area contributed by atoms with Gasteiger partial charge in [-0.1, -0.05) is 54.6 Å². The molecule has 0 amide bonds. The zero-order chi connectivity index (χ0) is 22.6. The quantitative estimate of drug-likeness (QED) is 0.300. The zero-order valence-electron chi connectivity index (χ0n) is 18.5. The summed E-state index contributed by atoms with van der Waals surface area (Å²) in [5.41, 5.74) is 7.01. The molecule has 5 rings (SSSR count). The molecule has 1 aliphatic carbocycles. The Balaban J connectivity index is 1.41. The second kappa shape index (κ2) is 9.25. The first kappa shape index (κ1) is 20.9. The number of esters is 1. The summed E-state index contributed by atoms with van der Waals surface area (Å²) in [7, 11) is 0. The highest BCUT2D eigenvalue weighted by Gasteiger charge is 2.20. The number of carbonyl (C=O) groups is 1. The third-order valence-electron chi connectivity index (χ3n) is 5.98. The number of benzene rings is 2. The van der Waals surface area contributed by atoms with Gasteiger partial charge in [0.15, 0.2) is 0 Å². The van der Waals surface area contributed by atoms with E-state index in [9.17, 15) is 4.79 Å². The molecule has 5 heteroatoms. The first-order chi connectivity index (χ1) is 16.2. The van der Waals surface area contributed by atoms with E-state index in [1.807, 2.05) is 41.3 Å². The molecule has 1 unspecified atom stereocenters. The first-order valence-electron chi connectivity index (χ1n) is 11.1. The van der Waals surface area contributed by atoms with Crippen molar-refractivity contribution in [3.63, 3.8) is 0 Å².